The van der Waals surface area contributed by atoms with Crippen LogP contribution < -0.4 is 0 Å². The molecule has 1 nitrogen and oxygen atoms in total. The molecule has 3 atom stereocenters. The van der Waals surface area contributed by atoms with Crippen LogP contribution in [-0.2, 0) is 4.74 Å². The number of hydrogen-bond acceptors (Lipinski definition) is 1. The summed E-state index contributed by atoms with van der Waals surface area (Å²) in [5.41, 5.74) is 0. The Labute approximate surface area is 62.1 Å². The third-order valence-electron chi connectivity index (χ3n) is 2.81. The Hall–Kier alpha value is -0.300. The zero-order valence-electron chi connectivity index (χ0n) is 6.42. The normalized spacial score (nSPS) is 44.3. The molecule has 0 aromatic heterocycles. The predicted octanol–water partition coefficient (Wildman–Crippen LogP) is 1.99. The lowest BCUT2D eigenvalue weighted by Crippen LogP contribution is -2.25. The van der Waals surface area contributed by atoms with Gasteiger partial charge in [0.25, 0.3) is 0 Å². The van der Waals surface area contributed by atoms with Gasteiger partial charge in [-0.05, 0) is 25.2 Å². The quantitative estimate of drug-likeness (QED) is 0.503. The monoisotopic (exact) mass is 138 g/mol. The van der Waals surface area contributed by atoms with Crippen LogP contribution in [0.3, 0.4) is 0 Å². The van der Waals surface area contributed by atoms with E-state index in [9.17, 15) is 0 Å². The first-order chi connectivity index (χ1) is 4.90. The average Bonchev–Trinajstić information content (AvgIpc) is 2.34. The van der Waals surface area contributed by atoms with Crippen molar-refractivity contribution in [2.45, 2.75) is 25.4 Å². The zero-order valence-corrected chi connectivity index (χ0v) is 6.42. The predicted molar refractivity (Wildman–Crippen MR) is 40.8 cm³/mol. The molecule has 2 bridgehead atoms. The van der Waals surface area contributed by atoms with E-state index in [4.69, 9.17) is 4.74 Å². The number of rotatable bonds is 1. The molecule has 10 heavy (non-hydrogen) atoms. The second kappa shape index (κ2) is 2.39. The summed E-state index contributed by atoms with van der Waals surface area (Å²) in [5, 5.41) is 0. The van der Waals surface area contributed by atoms with Gasteiger partial charge in [0.15, 0.2) is 0 Å². The van der Waals surface area contributed by atoms with Crippen LogP contribution >= 0.6 is 0 Å². The summed E-state index contributed by atoms with van der Waals surface area (Å²) in [7, 11) is 1.83. The van der Waals surface area contributed by atoms with Crippen molar-refractivity contribution in [1.29, 1.82) is 0 Å². The molecule has 1 heteroatoms. The first-order valence-electron chi connectivity index (χ1n) is 4.11. The Balaban J connectivity index is 2.06. The van der Waals surface area contributed by atoms with Crippen LogP contribution in [0.15, 0.2) is 12.2 Å². The molecule has 2 aliphatic rings. The summed E-state index contributed by atoms with van der Waals surface area (Å²) in [6, 6.07) is 0. The number of allylic oxidation sites excluding steroid dienone is 1. The SMILES string of the molecule is CO[C@@H]1CC[C@H]2C=C[C@H]1C2. The van der Waals surface area contributed by atoms with Crippen LogP contribution in [0.25, 0.3) is 0 Å². The number of hydrogen-bond donors (Lipinski definition) is 0. The fourth-order valence-electron chi connectivity index (χ4n) is 2.18. The van der Waals surface area contributed by atoms with Crippen molar-refractivity contribution < 1.29 is 4.74 Å². The Morgan fingerprint density at radius 1 is 1.30 bits per heavy atom. The molecule has 0 unspecified atom stereocenters. The minimum atomic E-state index is 0.523. The second-order valence-corrected chi connectivity index (χ2v) is 3.40. The van der Waals surface area contributed by atoms with Gasteiger partial charge in [-0.2, -0.15) is 0 Å². The molecule has 0 aromatic rings. The maximum Gasteiger partial charge on any atom is 0.0634 e. The molecule has 0 radical (unpaired) electrons. The highest BCUT2D eigenvalue weighted by Crippen LogP contribution is 2.37. The minimum Gasteiger partial charge on any atom is -0.381 e. The summed E-state index contributed by atoms with van der Waals surface area (Å²) < 4.78 is 5.37. The number of fused-ring (bicyclic) bond motifs is 2. The van der Waals surface area contributed by atoms with Gasteiger partial charge in [0, 0.05) is 13.0 Å². The Kier molecular flexibility index (Phi) is 1.53. The topological polar surface area (TPSA) is 9.23 Å². The van der Waals surface area contributed by atoms with Gasteiger partial charge in [0.2, 0.25) is 0 Å². The third-order valence-corrected chi connectivity index (χ3v) is 2.81. The molecule has 2 rings (SSSR count). The van der Waals surface area contributed by atoms with Crippen molar-refractivity contribution in [3.63, 3.8) is 0 Å². The van der Waals surface area contributed by atoms with E-state index >= 15 is 0 Å². The lowest BCUT2D eigenvalue weighted by atomic mass is 9.86. The molecule has 1 fully saturated rings. The van der Waals surface area contributed by atoms with Crippen molar-refractivity contribution >= 4 is 0 Å². The Morgan fingerprint density at radius 2 is 2.20 bits per heavy atom. The summed E-state index contributed by atoms with van der Waals surface area (Å²) in [6.07, 6.45) is 9.17. The molecule has 0 heterocycles. The van der Waals surface area contributed by atoms with Gasteiger partial charge < -0.3 is 4.74 Å². The van der Waals surface area contributed by atoms with E-state index < -0.39 is 0 Å². The van der Waals surface area contributed by atoms with Crippen LogP contribution in [-0.4, -0.2) is 13.2 Å². The molecule has 2 aliphatic carbocycles. The van der Waals surface area contributed by atoms with Crippen LogP contribution in [0.1, 0.15) is 19.3 Å². The van der Waals surface area contributed by atoms with Crippen molar-refractivity contribution in [3.8, 4) is 0 Å². The van der Waals surface area contributed by atoms with Gasteiger partial charge in [0.05, 0.1) is 6.10 Å². The van der Waals surface area contributed by atoms with E-state index in [0.29, 0.717) is 6.10 Å². The summed E-state index contributed by atoms with van der Waals surface area (Å²) in [6.45, 7) is 0. The van der Waals surface area contributed by atoms with Crippen LogP contribution in [0.4, 0.5) is 0 Å². The van der Waals surface area contributed by atoms with E-state index in [1.807, 2.05) is 7.11 Å². The van der Waals surface area contributed by atoms with E-state index in [2.05, 4.69) is 12.2 Å². The molecule has 0 amide bonds. The van der Waals surface area contributed by atoms with Crippen molar-refractivity contribution in [2.75, 3.05) is 7.11 Å². The van der Waals surface area contributed by atoms with Gasteiger partial charge in [-0.15, -0.1) is 0 Å². The average molecular weight is 138 g/mol. The van der Waals surface area contributed by atoms with Gasteiger partial charge in [-0.25, -0.2) is 0 Å². The van der Waals surface area contributed by atoms with Gasteiger partial charge in [-0.3, -0.25) is 0 Å². The lowest BCUT2D eigenvalue weighted by molar-refractivity contribution is 0.0389. The Bertz CT molecular complexity index is 151. The van der Waals surface area contributed by atoms with Gasteiger partial charge in [0.1, 0.15) is 0 Å². The summed E-state index contributed by atoms with van der Waals surface area (Å²) >= 11 is 0. The zero-order chi connectivity index (χ0) is 6.97. The summed E-state index contributed by atoms with van der Waals surface area (Å²) in [4.78, 5) is 0. The molecule has 56 valence electrons. The second-order valence-electron chi connectivity index (χ2n) is 3.40. The van der Waals surface area contributed by atoms with E-state index in [1.54, 1.807) is 0 Å². The first kappa shape index (κ1) is 6.41. The van der Waals surface area contributed by atoms with Gasteiger partial charge >= 0.3 is 0 Å². The largest absolute Gasteiger partial charge is 0.381 e. The molecule has 0 aromatic carbocycles. The highest BCUT2D eigenvalue weighted by molar-refractivity contribution is 5.07. The van der Waals surface area contributed by atoms with Crippen molar-refractivity contribution in [1.82, 2.24) is 0 Å². The fourth-order valence-corrected chi connectivity index (χ4v) is 2.18. The maximum absolute atomic E-state index is 5.37. The molecular formula is C9H14O. The van der Waals surface area contributed by atoms with Crippen LogP contribution in [0.2, 0.25) is 0 Å². The highest BCUT2D eigenvalue weighted by Gasteiger charge is 2.31. The number of methoxy groups -OCH3 is 1. The van der Waals surface area contributed by atoms with Crippen molar-refractivity contribution in [3.05, 3.63) is 12.2 Å². The molecule has 0 spiro atoms. The van der Waals surface area contributed by atoms with Crippen LogP contribution in [0.5, 0.6) is 0 Å². The third kappa shape index (κ3) is 0.891. The van der Waals surface area contributed by atoms with Crippen LogP contribution in [0, 0.1) is 11.8 Å². The van der Waals surface area contributed by atoms with Gasteiger partial charge in [-0.1, -0.05) is 12.2 Å². The molecule has 1 saturated carbocycles. The van der Waals surface area contributed by atoms with E-state index in [0.717, 1.165) is 11.8 Å². The maximum atomic E-state index is 5.37. The Morgan fingerprint density at radius 3 is 3.00 bits per heavy atom. The molecule has 0 N–H and O–H groups in total. The standard InChI is InChI=1S/C9H14O/c1-10-9-5-3-7-2-4-8(9)6-7/h2,4,7-9H,3,5-6H2,1H3/t7-,8+,9-/m1/s1. The van der Waals surface area contributed by atoms with Crippen molar-refractivity contribution in [2.24, 2.45) is 11.8 Å². The minimum absolute atomic E-state index is 0.523. The summed E-state index contributed by atoms with van der Waals surface area (Å²) in [5.74, 6) is 1.63. The fraction of sp³-hybridized carbons (Fsp3) is 0.778. The number of ether oxygens (including phenoxy) is 1. The van der Waals surface area contributed by atoms with E-state index in [1.165, 1.54) is 19.3 Å². The highest BCUT2D eigenvalue weighted by atomic mass is 16.5. The molecular weight excluding hydrogens is 124 g/mol. The molecule has 0 aliphatic heterocycles. The molecule has 0 saturated heterocycles. The first-order valence-corrected chi connectivity index (χ1v) is 4.11. The lowest BCUT2D eigenvalue weighted by Gasteiger charge is -2.27. The smallest absolute Gasteiger partial charge is 0.0634 e. The van der Waals surface area contributed by atoms with E-state index in [-0.39, 0.29) is 0 Å².